The van der Waals surface area contributed by atoms with E-state index in [1.807, 2.05) is 24.3 Å². The fourth-order valence-electron chi connectivity index (χ4n) is 2.68. The van der Waals surface area contributed by atoms with Crippen molar-refractivity contribution in [3.63, 3.8) is 0 Å². The molecule has 2 unspecified atom stereocenters. The average Bonchev–Trinajstić information content (AvgIpc) is 2.83. The second kappa shape index (κ2) is 6.06. The number of aliphatic hydroxyl groups is 1. The Balaban J connectivity index is 1.83. The number of aromatic nitrogens is 2. The van der Waals surface area contributed by atoms with Gasteiger partial charge in [0.25, 0.3) is 0 Å². The highest BCUT2D eigenvalue weighted by atomic mass is 79.9. The Labute approximate surface area is 126 Å². The summed E-state index contributed by atoms with van der Waals surface area (Å²) in [6.45, 7) is 0. The van der Waals surface area contributed by atoms with Crippen LogP contribution in [0.2, 0.25) is 0 Å². The van der Waals surface area contributed by atoms with Gasteiger partial charge in [0.15, 0.2) is 0 Å². The molecule has 106 valence electrons. The lowest BCUT2D eigenvalue weighted by atomic mass is 9.97. The molecule has 1 aliphatic rings. The third-order valence-electron chi connectivity index (χ3n) is 3.84. The molecule has 1 N–H and O–H groups in total. The monoisotopic (exact) mass is 336 g/mol. The minimum Gasteiger partial charge on any atom is -0.392 e. The molecule has 0 aliphatic heterocycles. The molecule has 1 aromatic heterocycles. The van der Waals surface area contributed by atoms with E-state index in [9.17, 15) is 5.11 Å². The summed E-state index contributed by atoms with van der Waals surface area (Å²) in [4.78, 5) is 4.47. The molecule has 1 fully saturated rings. The standard InChI is InChI=1S/C15H17BrN2O2/c16-11-8-6-10(7-9-11)14-17-15(20-18-14)12-4-2-1-3-5-13(12)19/h6-9,12-13,19H,1-5H2. The van der Waals surface area contributed by atoms with Crippen LogP contribution in [0.5, 0.6) is 0 Å². The molecular weight excluding hydrogens is 320 g/mol. The lowest BCUT2D eigenvalue weighted by Gasteiger charge is -2.15. The molecule has 0 amide bonds. The van der Waals surface area contributed by atoms with E-state index < -0.39 is 0 Å². The molecule has 1 saturated carbocycles. The second-order valence-corrected chi connectivity index (χ2v) is 6.19. The zero-order valence-corrected chi connectivity index (χ0v) is 12.7. The average molecular weight is 337 g/mol. The number of rotatable bonds is 2. The van der Waals surface area contributed by atoms with Crippen LogP contribution in [0.3, 0.4) is 0 Å². The third-order valence-corrected chi connectivity index (χ3v) is 4.37. The van der Waals surface area contributed by atoms with Gasteiger partial charge >= 0.3 is 0 Å². The van der Waals surface area contributed by atoms with E-state index in [1.165, 1.54) is 6.42 Å². The summed E-state index contributed by atoms with van der Waals surface area (Å²) < 4.78 is 6.40. The summed E-state index contributed by atoms with van der Waals surface area (Å²) in [5.74, 6) is 1.13. The topological polar surface area (TPSA) is 59.2 Å². The first kappa shape index (κ1) is 13.8. The molecule has 2 aromatic rings. The van der Waals surface area contributed by atoms with Crippen molar-refractivity contribution in [2.24, 2.45) is 0 Å². The van der Waals surface area contributed by atoms with Gasteiger partial charge in [-0.25, -0.2) is 0 Å². The predicted octanol–water partition coefficient (Wildman–Crippen LogP) is 3.91. The van der Waals surface area contributed by atoms with E-state index in [2.05, 4.69) is 26.1 Å². The van der Waals surface area contributed by atoms with Crippen LogP contribution in [-0.2, 0) is 0 Å². The van der Waals surface area contributed by atoms with Crippen molar-refractivity contribution in [2.45, 2.75) is 44.1 Å². The highest BCUT2D eigenvalue weighted by Gasteiger charge is 2.28. The van der Waals surface area contributed by atoms with Gasteiger partial charge in [0.2, 0.25) is 11.7 Å². The molecule has 0 radical (unpaired) electrons. The van der Waals surface area contributed by atoms with E-state index in [-0.39, 0.29) is 12.0 Å². The predicted molar refractivity (Wildman–Crippen MR) is 79.3 cm³/mol. The normalized spacial score (nSPS) is 23.5. The third kappa shape index (κ3) is 2.94. The van der Waals surface area contributed by atoms with Gasteiger partial charge in [-0.3, -0.25) is 0 Å². The first-order chi connectivity index (χ1) is 9.74. The van der Waals surface area contributed by atoms with Crippen LogP contribution >= 0.6 is 15.9 Å². The first-order valence-electron chi connectivity index (χ1n) is 7.01. The Morgan fingerprint density at radius 1 is 1.10 bits per heavy atom. The Hall–Kier alpha value is -1.20. The van der Waals surface area contributed by atoms with Crippen molar-refractivity contribution in [2.75, 3.05) is 0 Å². The molecule has 3 rings (SSSR count). The summed E-state index contributed by atoms with van der Waals surface area (Å²) >= 11 is 3.40. The number of aliphatic hydroxyl groups excluding tert-OH is 1. The zero-order valence-electron chi connectivity index (χ0n) is 11.1. The van der Waals surface area contributed by atoms with Crippen molar-refractivity contribution in [3.8, 4) is 11.4 Å². The molecule has 5 heteroatoms. The summed E-state index contributed by atoms with van der Waals surface area (Å²) in [7, 11) is 0. The van der Waals surface area contributed by atoms with E-state index in [0.29, 0.717) is 11.7 Å². The number of nitrogens with zero attached hydrogens (tertiary/aromatic N) is 2. The van der Waals surface area contributed by atoms with Crippen LogP contribution in [0.25, 0.3) is 11.4 Å². The fraction of sp³-hybridized carbons (Fsp3) is 0.467. The lowest BCUT2D eigenvalue weighted by molar-refractivity contribution is 0.119. The number of halogens is 1. The van der Waals surface area contributed by atoms with Gasteiger partial charge in [0.1, 0.15) is 0 Å². The molecule has 1 aliphatic carbocycles. The molecule has 0 bridgehead atoms. The zero-order chi connectivity index (χ0) is 13.9. The molecule has 1 heterocycles. The Bertz CT molecular complexity index is 568. The Morgan fingerprint density at radius 2 is 1.85 bits per heavy atom. The van der Waals surface area contributed by atoms with Crippen molar-refractivity contribution >= 4 is 15.9 Å². The SMILES string of the molecule is OC1CCCCCC1c1nc(-c2ccc(Br)cc2)no1. The minimum absolute atomic E-state index is 0.0193. The largest absolute Gasteiger partial charge is 0.392 e. The van der Waals surface area contributed by atoms with Gasteiger partial charge in [-0.2, -0.15) is 4.98 Å². The highest BCUT2D eigenvalue weighted by Crippen LogP contribution is 2.32. The van der Waals surface area contributed by atoms with E-state index in [1.54, 1.807) is 0 Å². The highest BCUT2D eigenvalue weighted by molar-refractivity contribution is 9.10. The molecule has 0 spiro atoms. The first-order valence-corrected chi connectivity index (χ1v) is 7.81. The van der Waals surface area contributed by atoms with Crippen LogP contribution in [-0.4, -0.2) is 21.4 Å². The van der Waals surface area contributed by atoms with E-state index in [0.717, 1.165) is 35.7 Å². The van der Waals surface area contributed by atoms with Crippen LogP contribution in [0.4, 0.5) is 0 Å². The van der Waals surface area contributed by atoms with Crippen molar-refractivity contribution < 1.29 is 9.63 Å². The second-order valence-electron chi connectivity index (χ2n) is 5.27. The number of benzene rings is 1. The van der Waals surface area contributed by atoms with Crippen LogP contribution < -0.4 is 0 Å². The van der Waals surface area contributed by atoms with Gasteiger partial charge in [-0.05, 0) is 37.1 Å². The van der Waals surface area contributed by atoms with Crippen molar-refractivity contribution in [1.82, 2.24) is 10.1 Å². The summed E-state index contributed by atoms with van der Waals surface area (Å²) in [5, 5.41) is 14.2. The Kier molecular flexibility index (Phi) is 4.17. The van der Waals surface area contributed by atoms with Gasteiger partial charge in [-0.15, -0.1) is 0 Å². The van der Waals surface area contributed by atoms with Gasteiger partial charge in [-0.1, -0.05) is 40.3 Å². The molecule has 4 nitrogen and oxygen atoms in total. The summed E-state index contributed by atoms with van der Waals surface area (Å²) in [6.07, 6.45) is 4.73. The van der Waals surface area contributed by atoms with E-state index in [4.69, 9.17) is 4.52 Å². The molecular formula is C15H17BrN2O2. The molecule has 0 saturated heterocycles. The molecule has 2 atom stereocenters. The van der Waals surface area contributed by atoms with Crippen molar-refractivity contribution in [3.05, 3.63) is 34.6 Å². The van der Waals surface area contributed by atoms with Gasteiger partial charge < -0.3 is 9.63 Å². The minimum atomic E-state index is -0.365. The smallest absolute Gasteiger partial charge is 0.232 e. The summed E-state index contributed by atoms with van der Waals surface area (Å²) in [5.41, 5.74) is 0.923. The maximum Gasteiger partial charge on any atom is 0.232 e. The van der Waals surface area contributed by atoms with Crippen molar-refractivity contribution in [1.29, 1.82) is 0 Å². The molecule has 1 aromatic carbocycles. The molecule has 20 heavy (non-hydrogen) atoms. The van der Waals surface area contributed by atoms with Gasteiger partial charge in [0.05, 0.1) is 12.0 Å². The van der Waals surface area contributed by atoms with Crippen LogP contribution in [0.15, 0.2) is 33.3 Å². The van der Waals surface area contributed by atoms with E-state index >= 15 is 0 Å². The maximum absolute atomic E-state index is 10.2. The number of hydrogen-bond donors (Lipinski definition) is 1. The fourth-order valence-corrected chi connectivity index (χ4v) is 2.94. The quantitative estimate of drug-likeness (QED) is 0.844. The maximum atomic E-state index is 10.2. The summed E-state index contributed by atoms with van der Waals surface area (Å²) in [6, 6.07) is 7.79. The number of hydrogen-bond acceptors (Lipinski definition) is 4. The van der Waals surface area contributed by atoms with Crippen LogP contribution in [0.1, 0.15) is 43.9 Å². The lowest BCUT2D eigenvalue weighted by Crippen LogP contribution is -2.17. The Morgan fingerprint density at radius 3 is 2.65 bits per heavy atom. The van der Waals surface area contributed by atoms with Gasteiger partial charge in [0, 0.05) is 10.0 Å². The van der Waals surface area contributed by atoms with Crippen LogP contribution in [0, 0.1) is 0 Å².